The molecule has 0 aromatic heterocycles. The summed E-state index contributed by atoms with van der Waals surface area (Å²) in [6.07, 6.45) is 13.8. The highest BCUT2D eigenvalue weighted by molar-refractivity contribution is 9.11. The van der Waals surface area contributed by atoms with E-state index in [9.17, 15) is 4.79 Å². The molecule has 0 aromatic rings. The molecule has 1 unspecified atom stereocenters. The molecule has 5 heteroatoms. The third-order valence-corrected chi connectivity index (χ3v) is 3.79. The van der Waals surface area contributed by atoms with Crippen molar-refractivity contribution in [1.82, 2.24) is 5.32 Å². The van der Waals surface area contributed by atoms with Crippen LogP contribution in [0.25, 0.3) is 0 Å². The first-order valence-corrected chi connectivity index (χ1v) is 10.1. The van der Waals surface area contributed by atoms with E-state index in [4.69, 9.17) is 17.3 Å². The third-order valence-electron chi connectivity index (χ3n) is 3.19. The number of allylic oxidation sites excluding steroid dienone is 3. The molecule has 1 atom stereocenters. The molecule has 0 aliphatic rings. The van der Waals surface area contributed by atoms with E-state index >= 15 is 0 Å². The molecule has 0 spiro atoms. The number of amides is 1. The maximum atomic E-state index is 11.5. The molecule has 0 bridgehead atoms. The minimum Gasteiger partial charge on any atom is -0.340 e. The highest BCUT2D eigenvalue weighted by Gasteiger charge is 2.05. The van der Waals surface area contributed by atoms with Crippen LogP contribution in [0.15, 0.2) is 23.2 Å². The minimum atomic E-state index is -0.448. The molecule has 0 saturated carbocycles. The number of halogens is 2. The number of rotatable bonds is 11. The zero-order valence-corrected chi connectivity index (χ0v) is 17.0. The first-order chi connectivity index (χ1) is 12.2. The van der Waals surface area contributed by atoms with Crippen molar-refractivity contribution in [3.05, 3.63) is 23.2 Å². The van der Waals surface area contributed by atoms with Gasteiger partial charge in [-0.25, -0.2) is 0 Å². The van der Waals surface area contributed by atoms with Crippen molar-refractivity contribution in [1.29, 1.82) is 0 Å². The van der Waals surface area contributed by atoms with Gasteiger partial charge < -0.3 is 11.1 Å². The van der Waals surface area contributed by atoms with Crippen molar-refractivity contribution in [2.45, 2.75) is 64.0 Å². The Morgan fingerprint density at radius 1 is 1.08 bits per heavy atom. The molecular formula is C20H28BrClN2O. The summed E-state index contributed by atoms with van der Waals surface area (Å²) in [5.74, 6) is 12.4. The summed E-state index contributed by atoms with van der Waals surface area (Å²) in [5, 5.41) is 2.64. The van der Waals surface area contributed by atoms with Crippen molar-refractivity contribution >= 4 is 33.4 Å². The maximum absolute atomic E-state index is 11.5. The van der Waals surface area contributed by atoms with Gasteiger partial charge in [0.25, 0.3) is 0 Å². The van der Waals surface area contributed by atoms with E-state index in [2.05, 4.69) is 51.0 Å². The van der Waals surface area contributed by atoms with Crippen LogP contribution >= 0.6 is 27.5 Å². The van der Waals surface area contributed by atoms with E-state index in [1.807, 2.05) is 6.08 Å². The van der Waals surface area contributed by atoms with Crippen LogP contribution in [-0.4, -0.2) is 18.0 Å². The molecule has 0 fully saturated rings. The van der Waals surface area contributed by atoms with Crippen LogP contribution in [0.3, 0.4) is 0 Å². The van der Waals surface area contributed by atoms with Gasteiger partial charge in [0, 0.05) is 19.3 Å². The zero-order valence-electron chi connectivity index (χ0n) is 14.7. The number of nitrogens with one attached hydrogen (secondary N) is 1. The van der Waals surface area contributed by atoms with Crippen LogP contribution in [0.5, 0.6) is 0 Å². The van der Waals surface area contributed by atoms with E-state index in [0.29, 0.717) is 6.42 Å². The molecular weight excluding hydrogens is 400 g/mol. The van der Waals surface area contributed by atoms with Gasteiger partial charge in [-0.3, -0.25) is 4.79 Å². The van der Waals surface area contributed by atoms with Gasteiger partial charge in [-0.05, 0) is 49.2 Å². The average Bonchev–Trinajstić information content (AvgIpc) is 2.61. The Morgan fingerprint density at radius 3 is 2.44 bits per heavy atom. The summed E-state index contributed by atoms with van der Waals surface area (Å²) in [6.45, 7) is 0. The fourth-order valence-corrected chi connectivity index (χ4v) is 2.11. The van der Waals surface area contributed by atoms with Gasteiger partial charge in [0.15, 0.2) is 0 Å². The fourth-order valence-electron chi connectivity index (χ4n) is 1.90. The predicted molar refractivity (Wildman–Crippen MR) is 111 cm³/mol. The van der Waals surface area contributed by atoms with Gasteiger partial charge in [-0.2, -0.15) is 0 Å². The van der Waals surface area contributed by atoms with E-state index in [0.717, 1.165) is 51.4 Å². The maximum Gasteiger partial charge on any atom is 0.221 e. The lowest BCUT2D eigenvalue weighted by molar-refractivity contribution is -0.121. The monoisotopic (exact) mass is 426 g/mol. The van der Waals surface area contributed by atoms with Crippen LogP contribution < -0.4 is 11.1 Å². The van der Waals surface area contributed by atoms with Crippen molar-refractivity contribution in [3.63, 3.8) is 0 Å². The second-order valence-electron chi connectivity index (χ2n) is 5.47. The molecule has 0 rings (SSSR count). The van der Waals surface area contributed by atoms with Crippen LogP contribution in [0.2, 0.25) is 0 Å². The van der Waals surface area contributed by atoms with Crippen molar-refractivity contribution in [2.75, 3.05) is 5.88 Å². The van der Waals surface area contributed by atoms with E-state index in [1.54, 1.807) is 11.1 Å². The lowest BCUT2D eigenvalue weighted by Crippen LogP contribution is -2.42. The Morgan fingerprint density at radius 2 is 1.76 bits per heavy atom. The van der Waals surface area contributed by atoms with Crippen LogP contribution in [0, 0.1) is 23.7 Å². The van der Waals surface area contributed by atoms with E-state index < -0.39 is 6.17 Å². The Labute approximate surface area is 166 Å². The smallest absolute Gasteiger partial charge is 0.221 e. The molecule has 0 saturated heterocycles. The van der Waals surface area contributed by atoms with Crippen LogP contribution in [0.4, 0.5) is 0 Å². The van der Waals surface area contributed by atoms with Crippen molar-refractivity contribution in [3.8, 4) is 23.7 Å². The Balaban J connectivity index is 3.47. The van der Waals surface area contributed by atoms with Crippen LogP contribution in [-0.2, 0) is 4.79 Å². The predicted octanol–water partition coefficient (Wildman–Crippen LogP) is 4.61. The Bertz CT molecular complexity index is 523. The molecule has 0 radical (unpaired) electrons. The normalized spacial score (nSPS) is 11.6. The molecule has 138 valence electrons. The molecule has 1 amide bonds. The Kier molecular flexibility index (Phi) is 18.2. The molecule has 0 aliphatic heterocycles. The topological polar surface area (TPSA) is 55.1 Å². The Hall–Kier alpha value is -1.20. The first kappa shape index (κ1) is 23.8. The first-order valence-electron chi connectivity index (χ1n) is 8.68. The number of carbonyl (C=O) groups is 1. The number of nitrogens with two attached hydrogens (primary N) is 1. The number of alkyl halides is 1. The summed E-state index contributed by atoms with van der Waals surface area (Å²) in [4.78, 5) is 13.2. The summed E-state index contributed by atoms with van der Waals surface area (Å²) in [7, 11) is 0. The number of hydrogen-bond acceptors (Lipinski definition) is 2. The standard InChI is InChI=1S/C20H28BrClN2O/c21-17-15-13-11-9-7-5-3-1-2-4-6-8-10-12-14-16-20(25)24-19(23)18-22/h1-2,15,17,19H,3,5,7-10,12,14,16,18,23H2,(H,24,25). The van der Waals surface area contributed by atoms with Gasteiger partial charge >= 0.3 is 0 Å². The number of hydrogen-bond donors (Lipinski definition) is 2. The summed E-state index contributed by atoms with van der Waals surface area (Å²) < 4.78 is 0. The van der Waals surface area contributed by atoms with Gasteiger partial charge in [0.05, 0.1) is 12.0 Å². The highest BCUT2D eigenvalue weighted by atomic mass is 79.9. The van der Waals surface area contributed by atoms with Gasteiger partial charge in [-0.15, -0.1) is 11.6 Å². The summed E-state index contributed by atoms with van der Waals surface area (Å²) >= 11 is 8.71. The minimum absolute atomic E-state index is 0.0345. The van der Waals surface area contributed by atoms with Gasteiger partial charge in [0.1, 0.15) is 0 Å². The third kappa shape index (κ3) is 19.0. The van der Waals surface area contributed by atoms with Gasteiger partial charge in [0.2, 0.25) is 5.91 Å². The molecule has 0 heterocycles. The lowest BCUT2D eigenvalue weighted by Gasteiger charge is -2.09. The van der Waals surface area contributed by atoms with Crippen molar-refractivity contribution < 1.29 is 4.79 Å². The fraction of sp³-hybridized carbons (Fsp3) is 0.550. The number of unbranched alkanes of at least 4 members (excludes halogenated alkanes) is 6. The molecule has 25 heavy (non-hydrogen) atoms. The van der Waals surface area contributed by atoms with E-state index in [-0.39, 0.29) is 11.8 Å². The molecule has 3 N–H and O–H groups in total. The zero-order chi connectivity index (χ0) is 18.6. The molecule has 0 aromatic carbocycles. The summed E-state index contributed by atoms with van der Waals surface area (Å²) in [6, 6.07) is 0. The van der Waals surface area contributed by atoms with E-state index in [1.165, 1.54) is 0 Å². The molecule has 0 aliphatic carbocycles. The van der Waals surface area contributed by atoms with Gasteiger partial charge in [-0.1, -0.05) is 52.1 Å². The molecule has 3 nitrogen and oxygen atoms in total. The highest BCUT2D eigenvalue weighted by Crippen LogP contribution is 2.03. The number of carbonyl (C=O) groups excluding carboxylic acids is 1. The largest absolute Gasteiger partial charge is 0.340 e. The SMILES string of the molecule is NC(CCl)NC(=O)CCCCCC#CC=CCCCCC#CC=CBr. The second kappa shape index (κ2) is 19.1. The second-order valence-corrected chi connectivity index (χ2v) is 6.31. The quantitative estimate of drug-likeness (QED) is 0.219. The van der Waals surface area contributed by atoms with Crippen molar-refractivity contribution in [2.24, 2.45) is 5.73 Å². The summed E-state index contributed by atoms with van der Waals surface area (Å²) in [5.41, 5.74) is 5.54. The lowest BCUT2D eigenvalue weighted by atomic mass is 10.1. The average molecular weight is 428 g/mol. The van der Waals surface area contributed by atoms with Crippen LogP contribution in [0.1, 0.15) is 57.8 Å².